The molecule has 1 aliphatic rings. The molecule has 1 atom stereocenters. The van der Waals surface area contributed by atoms with Crippen molar-refractivity contribution in [2.45, 2.75) is 39.4 Å². The Hall–Kier alpha value is -3.42. The Morgan fingerprint density at radius 1 is 1.19 bits per heavy atom. The minimum atomic E-state index is -0.278. The summed E-state index contributed by atoms with van der Waals surface area (Å²) in [6.45, 7) is 7.67. The normalized spacial score (nSPS) is 16.4. The first-order valence-corrected chi connectivity index (χ1v) is 11.1. The number of nitrogens with zero attached hydrogens (tertiary/aromatic N) is 5. The number of halogens is 1. The van der Waals surface area contributed by atoms with E-state index in [1.807, 2.05) is 24.2 Å². The van der Waals surface area contributed by atoms with Crippen molar-refractivity contribution in [1.82, 2.24) is 25.2 Å². The van der Waals surface area contributed by atoms with E-state index in [0.29, 0.717) is 18.9 Å². The van der Waals surface area contributed by atoms with E-state index in [1.54, 1.807) is 12.3 Å². The molecule has 2 aromatic heterocycles. The van der Waals surface area contributed by atoms with Crippen LogP contribution in [0.3, 0.4) is 0 Å². The van der Waals surface area contributed by atoms with E-state index in [0.717, 1.165) is 43.4 Å². The summed E-state index contributed by atoms with van der Waals surface area (Å²) < 4.78 is 16.2. The van der Waals surface area contributed by atoms with Gasteiger partial charge in [-0.2, -0.15) is 0 Å². The number of aryl methyl sites for hydroxylation is 1. The molecule has 1 aliphatic heterocycles. The highest BCUT2D eigenvalue weighted by atomic mass is 19.1. The first kappa shape index (κ1) is 21.8. The van der Waals surface area contributed by atoms with Crippen LogP contribution < -0.4 is 15.5 Å². The van der Waals surface area contributed by atoms with E-state index in [9.17, 15) is 4.39 Å². The summed E-state index contributed by atoms with van der Waals surface area (Å²) in [6.07, 6.45) is 6.35. The highest BCUT2D eigenvalue weighted by Gasteiger charge is 2.25. The molecule has 1 saturated heterocycles. The van der Waals surface area contributed by atoms with Crippen molar-refractivity contribution < 1.29 is 4.39 Å². The van der Waals surface area contributed by atoms with Crippen LogP contribution in [-0.2, 0) is 13.1 Å². The van der Waals surface area contributed by atoms with Gasteiger partial charge in [0.15, 0.2) is 17.6 Å². The third kappa shape index (κ3) is 5.43. The van der Waals surface area contributed by atoms with Gasteiger partial charge in [-0.05, 0) is 43.5 Å². The Balaban J connectivity index is 1.38. The van der Waals surface area contributed by atoms with Crippen LogP contribution in [0.25, 0.3) is 0 Å². The minimum Gasteiger partial charge on any atom is -0.357 e. The number of aliphatic imine (C=N–C) groups is 1. The predicted octanol–water partition coefficient (Wildman–Crippen LogP) is 3.11. The lowest BCUT2D eigenvalue weighted by atomic mass is 10.1. The first-order chi connectivity index (χ1) is 15.6. The van der Waals surface area contributed by atoms with Crippen LogP contribution in [0.15, 0.2) is 60.0 Å². The van der Waals surface area contributed by atoms with Crippen molar-refractivity contribution in [3.8, 4) is 0 Å². The molecule has 3 heterocycles. The van der Waals surface area contributed by atoms with E-state index >= 15 is 0 Å². The number of nitrogens with one attached hydrogen (secondary N) is 2. The molecule has 0 bridgehead atoms. The summed E-state index contributed by atoms with van der Waals surface area (Å²) in [5.74, 6) is 1.92. The summed E-state index contributed by atoms with van der Waals surface area (Å²) in [5, 5.41) is 6.82. The summed E-state index contributed by atoms with van der Waals surface area (Å²) in [7, 11) is 0. The molecular weight excluding hydrogens is 405 g/mol. The molecular formula is C24H30FN7. The fourth-order valence-electron chi connectivity index (χ4n) is 3.96. The van der Waals surface area contributed by atoms with Crippen LogP contribution in [0.5, 0.6) is 0 Å². The Morgan fingerprint density at radius 2 is 2.06 bits per heavy atom. The standard InChI is InChI=1S/C24H30FN7/c1-3-26-24(30-21-9-12-32(17-21)23-22(25)8-5-10-28-23)29-15-19-6-4-7-20(14-19)16-31-13-11-27-18(31)2/h4-8,10-11,13-14,21H,3,9,12,15-17H2,1-2H3,(H2,26,29,30). The van der Waals surface area contributed by atoms with Crippen molar-refractivity contribution >= 4 is 11.8 Å². The fraction of sp³-hybridized carbons (Fsp3) is 0.375. The summed E-state index contributed by atoms with van der Waals surface area (Å²) in [5.41, 5.74) is 2.38. The van der Waals surface area contributed by atoms with Crippen LogP contribution in [0.1, 0.15) is 30.3 Å². The molecule has 0 radical (unpaired) electrons. The maximum absolute atomic E-state index is 14.1. The van der Waals surface area contributed by atoms with Gasteiger partial charge in [0.05, 0.1) is 6.54 Å². The molecule has 7 nitrogen and oxygen atoms in total. The van der Waals surface area contributed by atoms with Crippen molar-refractivity contribution in [2.75, 3.05) is 24.5 Å². The fourth-order valence-corrected chi connectivity index (χ4v) is 3.96. The SMILES string of the molecule is CCNC(=NCc1cccc(Cn2ccnc2C)c1)NC1CCN(c2ncccc2F)C1. The molecule has 1 unspecified atom stereocenters. The van der Waals surface area contributed by atoms with Crippen molar-refractivity contribution in [1.29, 1.82) is 0 Å². The number of aromatic nitrogens is 3. The highest BCUT2D eigenvalue weighted by molar-refractivity contribution is 5.80. The van der Waals surface area contributed by atoms with Gasteiger partial charge < -0.3 is 20.1 Å². The number of anilines is 1. The molecule has 3 aromatic rings. The molecule has 0 spiro atoms. The van der Waals surface area contributed by atoms with E-state index in [-0.39, 0.29) is 11.9 Å². The lowest BCUT2D eigenvalue weighted by Gasteiger charge is -2.20. The predicted molar refractivity (Wildman–Crippen MR) is 125 cm³/mol. The lowest BCUT2D eigenvalue weighted by Crippen LogP contribution is -2.44. The van der Waals surface area contributed by atoms with Gasteiger partial charge in [0.25, 0.3) is 0 Å². The van der Waals surface area contributed by atoms with Crippen LogP contribution in [0, 0.1) is 12.7 Å². The van der Waals surface area contributed by atoms with Crippen LogP contribution in [-0.4, -0.2) is 46.2 Å². The summed E-state index contributed by atoms with van der Waals surface area (Å²) >= 11 is 0. The Bertz CT molecular complexity index is 1060. The van der Waals surface area contributed by atoms with Crippen LogP contribution >= 0.6 is 0 Å². The van der Waals surface area contributed by atoms with E-state index in [2.05, 4.69) is 56.4 Å². The zero-order valence-electron chi connectivity index (χ0n) is 18.6. The third-order valence-electron chi connectivity index (χ3n) is 5.60. The molecule has 0 aliphatic carbocycles. The minimum absolute atomic E-state index is 0.185. The number of imidazole rings is 1. The number of hydrogen-bond acceptors (Lipinski definition) is 4. The van der Waals surface area contributed by atoms with Gasteiger partial charge in [-0.25, -0.2) is 19.4 Å². The molecule has 0 amide bonds. The van der Waals surface area contributed by atoms with E-state index < -0.39 is 0 Å². The van der Waals surface area contributed by atoms with Crippen molar-refractivity contribution in [3.05, 3.63) is 77.8 Å². The van der Waals surface area contributed by atoms with Gasteiger partial charge in [-0.15, -0.1) is 0 Å². The molecule has 8 heteroatoms. The zero-order chi connectivity index (χ0) is 22.3. The Kier molecular flexibility index (Phi) is 6.99. The lowest BCUT2D eigenvalue weighted by molar-refractivity contribution is 0.612. The quantitative estimate of drug-likeness (QED) is 0.441. The molecule has 168 valence electrons. The number of benzene rings is 1. The average molecular weight is 436 g/mol. The molecule has 4 rings (SSSR count). The molecule has 0 saturated carbocycles. The first-order valence-electron chi connectivity index (χ1n) is 11.1. The highest BCUT2D eigenvalue weighted by Crippen LogP contribution is 2.20. The van der Waals surface area contributed by atoms with E-state index in [4.69, 9.17) is 4.99 Å². The van der Waals surface area contributed by atoms with Crippen LogP contribution in [0.2, 0.25) is 0 Å². The number of hydrogen-bond donors (Lipinski definition) is 2. The number of pyridine rings is 1. The number of rotatable bonds is 7. The van der Waals surface area contributed by atoms with Gasteiger partial charge in [-0.1, -0.05) is 24.3 Å². The van der Waals surface area contributed by atoms with Gasteiger partial charge in [-0.3, -0.25) is 0 Å². The van der Waals surface area contributed by atoms with Gasteiger partial charge in [0.1, 0.15) is 5.82 Å². The third-order valence-corrected chi connectivity index (χ3v) is 5.60. The molecule has 1 aromatic carbocycles. The van der Waals surface area contributed by atoms with Crippen LogP contribution in [0.4, 0.5) is 10.2 Å². The summed E-state index contributed by atoms with van der Waals surface area (Å²) in [4.78, 5) is 15.3. The van der Waals surface area contributed by atoms with Gasteiger partial charge in [0, 0.05) is 50.8 Å². The topological polar surface area (TPSA) is 70.4 Å². The Morgan fingerprint density at radius 3 is 2.84 bits per heavy atom. The maximum atomic E-state index is 14.1. The second kappa shape index (κ2) is 10.3. The van der Waals surface area contributed by atoms with Gasteiger partial charge >= 0.3 is 0 Å². The second-order valence-electron chi connectivity index (χ2n) is 8.00. The number of guanidine groups is 1. The second-order valence-corrected chi connectivity index (χ2v) is 8.00. The van der Waals surface area contributed by atoms with E-state index in [1.165, 1.54) is 11.6 Å². The zero-order valence-corrected chi connectivity index (χ0v) is 18.6. The van der Waals surface area contributed by atoms with Crippen molar-refractivity contribution in [3.63, 3.8) is 0 Å². The molecule has 1 fully saturated rings. The Labute approximate surface area is 188 Å². The average Bonchev–Trinajstić information content (AvgIpc) is 3.42. The molecule has 32 heavy (non-hydrogen) atoms. The maximum Gasteiger partial charge on any atom is 0.191 e. The smallest absolute Gasteiger partial charge is 0.191 e. The largest absolute Gasteiger partial charge is 0.357 e. The monoisotopic (exact) mass is 435 g/mol. The summed E-state index contributed by atoms with van der Waals surface area (Å²) in [6, 6.07) is 11.7. The van der Waals surface area contributed by atoms with Gasteiger partial charge in [0.2, 0.25) is 0 Å². The molecule has 2 N–H and O–H groups in total. The van der Waals surface area contributed by atoms with Crippen molar-refractivity contribution in [2.24, 2.45) is 4.99 Å².